The highest BCUT2D eigenvalue weighted by Crippen LogP contribution is 2.18. The van der Waals surface area contributed by atoms with E-state index in [9.17, 15) is 14.4 Å². The fraction of sp³-hybridized carbons (Fsp3) is 0.0588. The molecular formula is C17H12N2O5S. The van der Waals surface area contributed by atoms with E-state index in [1.54, 1.807) is 18.2 Å². The first-order valence-corrected chi connectivity index (χ1v) is 7.55. The third-order valence-electron chi connectivity index (χ3n) is 3.49. The lowest BCUT2D eigenvalue weighted by atomic mass is 10.1. The molecule has 3 rings (SSSR count). The molecule has 8 heteroatoms. The number of hydrogen-bond donors (Lipinski definition) is 2. The van der Waals surface area contributed by atoms with E-state index in [1.807, 2.05) is 0 Å². The van der Waals surface area contributed by atoms with Crippen molar-refractivity contribution in [3.8, 4) is 5.75 Å². The van der Waals surface area contributed by atoms with E-state index in [1.165, 1.54) is 31.6 Å². The second-order valence-electron chi connectivity index (χ2n) is 5.06. The molecule has 2 N–H and O–H groups in total. The van der Waals surface area contributed by atoms with Crippen molar-refractivity contribution in [2.75, 3.05) is 7.11 Å². The van der Waals surface area contributed by atoms with Crippen molar-refractivity contribution in [2.45, 2.75) is 0 Å². The minimum absolute atomic E-state index is 0.0414. The van der Waals surface area contributed by atoms with Gasteiger partial charge in [-0.25, -0.2) is 0 Å². The molecule has 1 fully saturated rings. The third-order valence-corrected chi connectivity index (χ3v) is 3.69. The molecule has 0 radical (unpaired) electrons. The van der Waals surface area contributed by atoms with Crippen LogP contribution in [0.4, 0.5) is 0 Å². The van der Waals surface area contributed by atoms with E-state index in [4.69, 9.17) is 21.4 Å². The molecular weight excluding hydrogens is 344 g/mol. The summed E-state index contributed by atoms with van der Waals surface area (Å²) in [5.74, 6) is -0.670. The van der Waals surface area contributed by atoms with Gasteiger partial charge in [0, 0.05) is 0 Å². The second kappa shape index (κ2) is 6.70. The van der Waals surface area contributed by atoms with Gasteiger partial charge in [0.05, 0.1) is 18.1 Å². The highest BCUT2D eigenvalue weighted by atomic mass is 32.1. The number of methoxy groups -OCH3 is 1. The zero-order chi connectivity index (χ0) is 18.0. The van der Waals surface area contributed by atoms with E-state index >= 15 is 0 Å². The molecule has 0 bridgehead atoms. The van der Waals surface area contributed by atoms with Gasteiger partial charge in [-0.05, 0) is 42.6 Å². The minimum Gasteiger partial charge on any atom is -0.497 e. The maximum atomic E-state index is 12.5. The number of fused-ring (bicyclic) bond motifs is 1. The summed E-state index contributed by atoms with van der Waals surface area (Å²) < 4.78 is 10.5. The molecule has 126 valence electrons. The molecule has 0 spiro atoms. The van der Waals surface area contributed by atoms with Crippen molar-refractivity contribution in [3.63, 3.8) is 0 Å². The summed E-state index contributed by atoms with van der Waals surface area (Å²) in [7, 11) is 1.50. The zero-order valence-corrected chi connectivity index (χ0v) is 13.8. The predicted molar refractivity (Wildman–Crippen MR) is 95.0 cm³/mol. The zero-order valence-electron chi connectivity index (χ0n) is 13.0. The van der Waals surface area contributed by atoms with Gasteiger partial charge >= 0.3 is 0 Å². The molecule has 2 heterocycles. The Morgan fingerprint density at radius 2 is 1.88 bits per heavy atom. The van der Waals surface area contributed by atoms with E-state index in [0.29, 0.717) is 16.7 Å². The van der Waals surface area contributed by atoms with Crippen LogP contribution in [0.2, 0.25) is 0 Å². The van der Waals surface area contributed by atoms with Crippen LogP contribution in [0.1, 0.15) is 5.56 Å². The summed E-state index contributed by atoms with van der Waals surface area (Å²) >= 11 is 4.71. The molecule has 1 aromatic heterocycles. The summed E-state index contributed by atoms with van der Waals surface area (Å²) in [4.78, 5) is 35.9. The highest BCUT2D eigenvalue weighted by Gasteiger charge is 2.24. The molecule has 2 amide bonds. The second-order valence-corrected chi connectivity index (χ2v) is 5.47. The van der Waals surface area contributed by atoms with Gasteiger partial charge < -0.3 is 9.15 Å². The number of allylic oxidation sites excluding steroid dienone is 2. The lowest BCUT2D eigenvalue weighted by Crippen LogP contribution is -2.51. The number of hydrogen-bond acceptors (Lipinski definition) is 6. The van der Waals surface area contributed by atoms with Crippen LogP contribution >= 0.6 is 12.2 Å². The van der Waals surface area contributed by atoms with Crippen LogP contribution in [0.5, 0.6) is 5.75 Å². The lowest BCUT2D eigenvalue weighted by molar-refractivity contribution is -0.123. The normalized spacial score (nSPS) is 14.6. The number of benzene rings is 1. The number of ether oxygens (including phenoxy) is 1. The summed E-state index contributed by atoms with van der Waals surface area (Å²) in [6.45, 7) is 0. The van der Waals surface area contributed by atoms with Crippen molar-refractivity contribution in [1.29, 1.82) is 0 Å². The van der Waals surface area contributed by atoms with Crippen LogP contribution in [0.3, 0.4) is 0 Å². The van der Waals surface area contributed by atoms with Gasteiger partial charge in [-0.3, -0.25) is 25.0 Å². The van der Waals surface area contributed by atoms with Gasteiger partial charge in [0.2, 0.25) is 0 Å². The molecule has 2 aromatic rings. The van der Waals surface area contributed by atoms with Gasteiger partial charge in [0.25, 0.3) is 11.8 Å². The smallest absolute Gasteiger partial charge is 0.263 e. The van der Waals surface area contributed by atoms with Gasteiger partial charge in [-0.1, -0.05) is 6.08 Å². The van der Waals surface area contributed by atoms with Crippen molar-refractivity contribution in [1.82, 2.24) is 10.6 Å². The Kier molecular flexibility index (Phi) is 4.44. The minimum atomic E-state index is -0.603. The predicted octanol–water partition coefficient (Wildman–Crippen LogP) is 1.27. The Bertz CT molecular complexity index is 997. The summed E-state index contributed by atoms with van der Waals surface area (Å²) in [6.07, 6.45) is 5.47. The summed E-state index contributed by atoms with van der Waals surface area (Å²) in [5, 5.41) is 4.97. The molecule has 25 heavy (non-hydrogen) atoms. The van der Waals surface area contributed by atoms with Crippen molar-refractivity contribution >= 4 is 46.2 Å². The summed E-state index contributed by atoms with van der Waals surface area (Å²) in [5.41, 5.74) is 0.329. The Morgan fingerprint density at radius 1 is 1.16 bits per heavy atom. The maximum Gasteiger partial charge on any atom is 0.263 e. The van der Waals surface area contributed by atoms with E-state index in [0.717, 1.165) is 0 Å². The maximum absolute atomic E-state index is 12.5. The molecule has 1 aliphatic rings. The largest absolute Gasteiger partial charge is 0.497 e. The fourth-order valence-corrected chi connectivity index (χ4v) is 2.43. The molecule has 1 aromatic carbocycles. The van der Waals surface area contributed by atoms with E-state index < -0.39 is 11.8 Å². The lowest BCUT2D eigenvalue weighted by Gasteiger charge is -2.15. The van der Waals surface area contributed by atoms with E-state index in [-0.39, 0.29) is 21.7 Å². The average Bonchev–Trinajstić information content (AvgIpc) is 2.58. The highest BCUT2D eigenvalue weighted by molar-refractivity contribution is 7.80. The SMILES string of the molecule is COc1ccc2occ(C=CC=C3C(=O)NC(=S)NC3=O)c(=O)c2c1. The standard InChI is InChI=1S/C17H12N2O5S/c1-23-10-5-6-13-12(7-10)14(20)9(8-24-13)3-2-4-11-15(21)18-17(25)19-16(11)22/h2-8H,1H3,(H2,18,19,21,22,25). The molecule has 1 aliphatic heterocycles. The monoisotopic (exact) mass is 356 g/mol. The number of nitrogens with one attached hydrogen (secondary N) is 2. The van der Waals surface area contributed by atoms with Crippen molar-refractivity contribution in [2.24, 2.45) is 0 Å². The quantitative estimate of drug-likeness (QED) is 0.488. The third kappa shape index (κ3) is 3.33. The molecule has 0 saturated carbocycles. The Morgan fingerprint density at radius 3 is 2.56 bits per heavy atom. The number of thiocarbonyl (C=S) groups is 1. The van der Waals surface area contributed by atoms with E-state index in [2.05, 4.69) is 10.6 Å². The topological polar surface area (TPSA) is 97.6 Å². The molecule has 1 saturated heterocycles. The average molecular weight is 356 g/mol. The van der Waals surface area contributed by atoms with Crippen LogP contribution in [-0.4, -0.2) is 24.0 Å². The van der Waals surface area contributed by atoms with Crippen LogP contribution in [0.15, 0.2) is 51.4 Å². The number of rotatable bonds is 3. The van der Waals surface area contributed by atoms with Crippen molar-refractivity contribution in [3.05, 3.63) is 58.0 Å². The Labute approximate surface area is 147 Å². The number of carbonyl (C=O) groups is 2. The first kappa shape index (κ1) is 16.6. The number of amides is 2. The fourth-order valence-electron chi connectivity index (χ4n) is 2.24. The molecule has 7 nitrogen and oxygen atoms in total. The molecule has 0 atom stereocenters. The Balaban J connectivity index is 1.94. The van der Waals surface area contributed by atoms with Crippen molar-refractivity contribution < 1.29 is 18.7 Å². The summed E-state index contributed by atoms with van der Waals surface area (Å²) in [6, 6.07) is 4.92. The van der Waals surface area contributed by atoms with Crippen LogP contribution in [0.25, 0.3) is 17.0 Å². The first-order chi connectivity index (χ1) is 12.0. The van der Waals surface area contributed by atoms with Crippen LogP contribution in [0, 0.1) is 0 Å². The van der Waals surface area contributed by atoms with Gasteiger partial charge in [0.1, 0.15) is 23.2 Å². The number of carbonyl (C=O) groups excluding carboxylic acids is 2. The first-order valence-electron chi connectivity index (χ1n) is 7.14. The van der Waals surface area contributed by atoms with Crippen LogP contribution in [-0.2, 0) is 9.59 Å². The van der Waals surface area contributed by atoms with Gasteiger partial charge in [0.15, 0.2) is 10.5 Å². The Hall–Kier alpha value is -3.26. The van der Waals surface area contributed by atoms with Crippen LogP contribution < -0.4 is 20.8 Å². The molecule has 0 unspecified atom stereocenters. The molecule has 0 aliphatic carbocycles. The van der Waals surface area contributed by atoms with Gasteiger partial charge in [-0.2, -0.15) is 0 Å². The van der Waals surface area contributed by atoms with Gasteiger partial charge in [-0.15, -0.1) is 0 Å².